The second-order valence-corrected chi connectivity index (χ2v) is 2.98. The largest absolute Gasteiger partial charge is 0.393 e. The summed E-state index contributed by atoms with van der Waals surface area (Å²) < 4.78 is 79.1. The van der Waals surface area contributed by atoms with Gasteiger partial charge < -0.3 is 14.9 Å². The van der Waals surface area contributed by atoms with Gasteiger partial charge in [0.05, 0.1) is 6.61 Å². The minimum atomic E-state index is -5.79. The molecular weight excluding hydrogens is 234 g/mol. The van der Waals surface area contributed by atoms with Gasteiger partial charge in [-0.1, -0.05) is 0 Å². The van der Waals surface area contributed by atoms with Crippen LogP contribution < -0.4 is 0 Å². The highest BCUT2D eigenvalue weighted by Crippen LogP contribution is 2.53. The van der Waals surface area contributed by atoms with Gasteiger partial charge in [0.1, 0.15) is 0 Å². The molecule has 0 aliphatic carbocycles. The molecule has 1 heterocycles. The molecular formula is C6H6F6O3. The van der Waals surface area contributed by atoms with E-state index < -0.39 is 36.8 Å². The van der Waals surface area contributed by atoms with E-state index in [-0.39, 0.29) is 0 Å². The predicted octanol–water partition coefficient (Wildman–Crippen LogP) is 0.602. The Morgan fingerprint density at radius 1 is 1.00 bits per heavy atom. The van der Waals surface area contributed by atoms with E-state index in [1.54, 1.807) is 0 Å². The standard InChI is InChI=1S/C6H6F6O3/c7-4(8)2(1-13)15-3(14)5(9,10)6(4,11)12/h2-3,13-14H,1H2/t2-,3-/m0/s1. The molecule has 0 aromatic carbocycles. The van der Waals surface area contributed by atoms with Crippen molar-refractivity contribution in [3.8, 4) is 0 Å². The number of hydrogen-bond donors (Lipinski definition) is 2. The fourth-order valence-corrected chi connectivity index (χ4v) is 1.06. The summed E-state index contributed by atoms with van der Waals surface area (Å²) >= 11 is 0. The molecule has 0 aromatic rings. The molecule has 1 saturated heterocycles. The van der Waals surface area contributed by atoms with Gasteiger partial charge >= 0.3 is 17.8 Å². The molecule has 90 valence electrons. The molecule has 0 bridgehead atoms. The van der Waals surface area contributed by atoms with Crippen LogP contribution in [0.2, 0.25) is 0 Å². The molecule has 15 heavy (non-hydrogen) atoms. The van der Waals surface area contributed by atoms with Crippen LogP contribution >= 0.6 is 0 Å². The molecule has 0 amide bonds. The number of ether oxygens (including phenoxy) is 1. The van der Waals surface area contributed by atoms with E-state index in [2.05, 4.69) is 4.74 Å². The van der Waals surface area contributed by atoms with Gasteiger partial charge in [0.2, 0.25) is 6.29 Å². The lowest BCUT2D eigenvalue weighted by atomic mass is 9.96. The van der Waals surface area contributed by atoms with Crippen LogP contribution in [0.15, 0.2) is 0 Å². The quantitative estimate of drug-likeness (QED) is 0.660. The smallest absolute Gasteiger partial charge is 0.379 e. The average Bonchev–Trinajstić information content (AvgIpc) is 2.10. The summed E-state index contributed by atoms with van der Waals surface area (Å²) in [5, 5.41) is 16.7. The van der Waals surface area contributed by atoms with Crippen LogP contribution in [0.5, 0.6) is 0 Å². The Labute approximate surface area is 79.3 Å². The zero-order valence-electron chi connectivity index (χ0n) is 6.93. The maximum atomic E-state index is 12.7. The van der Waals surface area contributed by atoms with Gasteiger partial charge in [-0.15, -0.1) is 0 Å². The lowest BCUT2D eigenvalue weighted by Gasteiger charge is -2.43. The minimum absolute atomic E-state index is 1.62. The van der Waals surface area contributed by atoms with Crippen molar-refractivity contribution in [1.82, 2.24) is 0 Å². The Kier molecular flexibility index (Phi) is 2.69. The number of hydrogen-bond acceptors (Lipinski definition) is 3. The maximum Gasteiger partial charge on any atom is 0.379 e. The van der Waals surface area contributed by atoms with Crippen LogP contribution in [-0.4, -0.2) is 47.0 Å². The third-order valence-electron chi connectivity index (χ3n) is 2.01. The zero-order chi connectivity index (χ0) is 12.1. The number of aliphatic hydroxyl groups is 2. The lowest BCUT2D eigenvalue weighted by Crippen LogP contribution is -2.70. The first-order chi connectivity index (χ1) is 6.59. The molecule has 2 atom stereocenters. The zero-order valence-corrected chi connectivity index (χ0v) is 6.93. The summed E-state index contributed by atoms with van der Waals surface area (Å²) in [5.41, 5.74) is 0. The van der Waals surface area contributed by atoms with Gasteiger partial charge in [-0.2, -0.15) is 26.3 Å². The van der Waals surface area contributed by atoms with Gasteiger partial charge in [-0.3, -0.25) is 0 Å². The third kappa shape index (κ3) is 1.41. The summed E-state index contributed by atoms with van der Waals surface area (Å²) in [4.78, 5) is 0. The molecule has 0 saturated carbocycles. The summed E-state index contributed by atoms with van der Waals surface area (Å²) in [6, 6.07) is 0. The Morgan fingerprint density at radius 2 is 1.47 bits per heavy atom. The van der Waals surface area contributed by atoms with Crippen LogP contribution in [0.3, 0.4) is 0 Å². The van der Waals surface area contributed by atoms with Crippen molar-refractivity contribution in [2.45, 2.75) is 30.2 Å². The summed E-state index contributed by atoms with van der Waals surface area (Å²) in [6.45, 7) is -1.62. The van der Waals surface area contributed by atoms with E-state index in [1.807, 2.05) is 0 Å². The van der Waals surface area contributed by atoms with Crippen molar-refractivity contribution in [3.63, 3.8) is 0 Å². The third-order valence-corrected chi connectivity index (χ3v) is 2.01. The van der Waals surface area contributed by atoms with Gasteiger partial charge in [-0.05, 0) is 0 Å². The highest BCUT2D eigenvalue weighted by atomic mass is 19.3. The van der Waals surface area contributed by atoms with Gasteiger partial charge in [0.25, 0.3) is 0 Å². The number of alkyl halides is 6. The first-order valence-electron chi connectivity index (χ1n) is 3.67. The average molecular weight is 240 g/mol. The second kappa shape index (κ2) is 3.22. The molecule has 2 N–H and O–H groups in total. The Bertz CT molecular complexity index is 255. The van der Waals surface area contributed by atoms with Gasteiger partial charge in [-0.25, -0.2) is 0 Å². The summed E-state index contributed by atoms with van der Waals surface area (Å²) in [5.74, 6) is -16.5. The first kappa shape index (κ1) is 12.5. The molecule has 9 heteroatoms. The molecule has 3 nitrogen and oxygen atoms in total. The molecule has 1 rings (SSSR count). The van der Waals surface area contributed by atoms with E-state index in [1.165, 1.54) is 0 Å². The highest BCUT2D eigenvalue weighted by molar-refractivity contribution is 5.05. The summed E-state index contributed by atoms with van der Waals surface area (Å²) in [6.07, 6.45) is -6.26. The SMILES string of the molecule is OC[C@@H]1O[C@H](O)C(F)(F)C(F)(F)C1(F)F. The maximum absolute atomic E-state index is 12.7. The number of rotatable bonds is 1. The normalized spacial score (nSPS) is 37.6. The number of aliphatic hydroxyl groups excluding tert-OH is 2. The fraction of sp³-hybridized carbons (Fsp3) is 1.00. The molecule has 0 aromatic heterocycles. The van der Waals surface area contributed by atoms with E-state index in [0.29, 0.717) is 0 Å². The first-order valence-corrected chi connectivity index (χ1v) is 3.67. The molecule has 0 unspecified atom stereocenters. The Hall–Kier alpha value is -0.540. The van der Waals surface area contributed by atoms with Crippen molar-refractivity contribution in [2.75, 3.05) is 6.61 Å². The Balaban J connectivity index is 3.16. The fourth-order valence-electron chi connectivity index (χ4n) is 1.06. The summed E-state index contributed by atoms with van der Waals surface area (Å²) in [7, 11) is 0. The molecule has 0 radical (unpaired) electrons. The van der Waals surface area contributed by atoms with Crippen molar-refractivity contribution >= 4 is 0 Å². The van der Waals surface area contributed by atoms with Crippen LogP contribution in [0, 0.1) is 0 Å². The van der Waals surface area contributed by atoms with Crippen molar-refractivity contribution < 1.29 is 41.3 Å². The van der Waals surface area contributed by atoms with Crippen LogP contribution in [-0.2, 0) is 4.74 Å². The molecule has 0 spiro atoms. The van der Waals surface area contributed by atoms with Crippen molar-refractivity contribution in [1.29, 1.82) is 0 Å². The Morgan fingerprint density at radius 3 is 1.87 bits per heavy atom. The van der Waals surface area contributed by atoms with E-state index in [9.17, 15) is 26.3 Å². The minimum Gasteiger partial charge on any atom is -0.393 e. The lowest BCUT2D eigenvalue weighted by molar-refractivity contribution is -0.437. The van der Waals surface area contributed by atoms with E-state index in [4.69, 9.17) is 10.2 Å². The van der Waals surface area contributed by atoms with Gasteiger partial charge in [0, 0.05) is 0 Å². The van der Waals surface area contributed by atoms with Crippen molar-refractivity contribution in [3.05, 3.63) is 0 Å². The monoisotopic (exact) mass is 240 g/mol. The second-order valence-electron chi connectivity index (χ2n) is 2.98. The molecule has 1 aliphatic rings. The van der Waals surface area contributed by atoms with Crippen LogP contribution in [0.25, 0.3) is 0 Å². The van der Waals surface area contributed by atoms with Crippen LogP contribution in [0.4, 0.5) is 26.3 Å². The van der Waals surface area contributed by atoms with E-state index >= 15 is 0 Å². The molecule has 1 fully saturated rings. The van der Waals surface area contributed by atoms with Crippen molar-refractivity contribution in [2.24, 2.45) is 0 Å². The highest BCUT2D eigenvalue weighted by Gasteiger charge is 2.80. The predicted molar refractivity (Wildman–Crippen MR) is 32.8 cm³/mol. The topological polar surface area (TPSA) is 49.7 Å². The molecule has 1 aliphatic heterocycles. The number of halogens is 6. The van der Waals surface area contributed by atoms with Gasteiger partial charge in [0.15, 0.2) is 6.10 Å². The van der Waals surface area contributed by atoms with E-state index in [0.717, 1.165) is 0 Å². The van der Waals surface area contributed by atoms with Crippen LogP contribution in [0.1, 0.15) is 0 Å².